The van der Waals surface area contributed by atoms with Crippen LogP contribution in [0.4, 0.5) is 5.69 Å². The molecular weight excluding hydrogens is 398 g/mol. The van der Waals surface area contributed by atoms with Crippen LogP contribution in [-0.4, -0.2) is 46.0 Å². The van der Waals surface area contributed by atoms with Crippen LogP contribution in [0.3, 0.4) is 0 Å². The van der Waals surface area contributed by atoms with E-state index in [4.69, 9.17) is 9.47 Å². The lowest BCUT2D eigenvalue weighted by Gasteiger charge is -2.09. The Morgan fingerprint density at radius 2 is 1.90 bits per heavy atom. The molecule has 10 nitrogen and oxygen atoms in total. The van der Waals surface area contributed by atoms with Crippen LogP contribution < -0.4 is 26.0 Å². The summed E-state index contributed by atoms with van der Waals surface area (Å²) in [5.41, 5.74) is 0.0877. The largest absolute Gasteiger partial charge is 0.493 e. The minimum Gasteiger partial charge on any atom is -0.493 e. The second kappa shape index (κ2) is 9.06. The van der Waals surface area contributed by atoms with Gasteiger partial charge in [-0.25, -0.2) is 4.79 Å². The highest BCUT2D eigenvalue weighted by Crippen LogP contribution is 2.31. The second-order valence-corrected chi connectivity index (χ2v) is 6.64. The molecule has 3 N–H and O–H groups in total. The number of thioether (sulfide) groups is 1. The van der Waals surface area contributed by atoms with E-state index in [-0.39, 0.29) is 11.4 Å². The summed E-state index contributed by atoms with van der Waals surface area (Å²) in [6, 6.07) is 8.93. The zero-order chi connectivity index (χ0) is 20.8. The van der Waals surface area contributed by atoms with E-state index in [1.165, 1.54) is 0 Å². The molecule has 0 aliphatic carbocycles. The van der Waals surface area contributed by atoms with Gasteiger partial charge in [0.2, 0.25) is 5.91 Å². The summed E-state index contributed by atoms with van der Waals surface area (Å²) in [7, 11) is 3.12. The van der Waals surface area contributed by atoms with Crippen molar-refractivity contribution >= 4 is 23.4 Å². The number of aromatic nitrogens is 4. The molecule has 150 valence electrons. The van der Waals surface area contributed by atoms with Crippen LogP contribution in [0.15, 0.2) is 51.1 Å². The van der Waals surface area contributed by atoms with E-state index in [9.17, 15) is 14.4 Å². The molecule has 0 atom stereocenters. The Labute approximate surface area is 168 Å². The first-order chi connectivity index (χ1) is 14.0. The summed E-state index contributed by atoms with van der Waals surface area (Å²) >= 11 is 1.16. The van der Waals surface area contributed by atoms with Gasteiger partial charge in [0.25, 0.3) is 5.56 Å². The number of benzene rings is 1. The fourth-order valence-electron chi connectivity index (χ4n) is 2.37. The Balaban J connectivity index is 1.62. The number of nitrogens with zero attached hydrogens (tertiary/aromatic N) is 2. The molecule has 3 rings (SSSR count). The fraction of sp³-hybridized carbons (Fsp3) is 0.167. The van der Waals surface area contributed by atoms with Crippen molar-refractivity contribution in [1.82, 2.24) is 20.2 Å². The van der Waals surface area contributed by atoms with Crippen molar-refractivity contribution in [1.29, 1.82) is 0 Å². The van der Waals surface area contributed by atoms with Gasteiger partial charge < -0.3 is 19.8 Å². The number of carbonyl (C=O) groups is 1. The first-order valence-corrected chi connectivity index (χ1v) is 9.29. The van der Waals surface area contributed by atoms with Crippen LogP contribution in [0.1, 0.15) is 0 Å². The van der Waals surface area contributed by atoms with Gasteiger partial charge in [-0.05, 0) is 30.3 Å². The standard InChI is InChI=1S/C18H17N5O5S/c1-27-13-5-3-10(7-14(13)28-2)11-4-6-16(23-22-11)29-9-15(24)20-12-8-19-18(26)21-17(12)25/h3-8H,9H2,1-2H3,(H,20,24)(H2,19,21,25,26). The molecule has 0 aliphatic rings. The lowest BCUT2D eigenvalue weighted by atomic mass is 10.1. The van der Waals surface area contributed by atoms with Crippen molar-refractivity contribution in [3.05, 3.63) is 57.4 Å². The predicted octanol–water partition coefficient (Wildman–Crippen LogP) is 1.27. The molecule has 0 saturated heterocycles. The summed E-state index contributed by atoms with van der Waals surface area (Å²) in [6.07, 6.45) is 1.14. The maximum atomic E-state index is 12.0. The molecule has 2 aromatic heterocycles. The van der Waals surface area contributed by atoms with Gasteiger partial charge in [-0.15, -0.1) is 10.2 Å². The number of ether oxygens (including phenoxy) is 2. The van der Waals surface area contributed by atoms with Crippen molar-refractivity contribution < 1.29 is 14.3 Å². The minimum atomic E-state index is -0.675. The van der Waals surface area contributed by atoms with E-state index >= 15 is 0 Å². The van der Waals surface area contributed by atoms with Gasteiger partial charge in [0.15, 0.2) is 11.5 Å². The Hall–Kier alpha value is -3.60. The number of aromatic amines is 2. The highest BCUT2D eigenvalue weighted by Gasteiger charge is 2.10. The van der Waals surface area contributed by atoms with Crippen molar-refractivity contribution in [2.45, 2.75) is 5.03 Å². The fourth-order valence-corrected chi connectivity index (χ4v) is 2.99. The van der Waals surface area contributed by atoms with Crippen molar-refractivity contribution in [2.24, 2.45) is 0 Å². The molecule has 11 heteroatoms. The maximum absolute atomic E-state index is 12.0. The average Bonchev–Trinajstić information content (AvgIpc) is 2.74. The Morgan fingerprint density at radius 3 is 2.55 bits per heavy atom. The summed E-state index contributed by atoms with van der Waals surface area (Å²) in [5.74, 6) is 0.796. The molecular formula is C18H17N5O5S. The van der Waals surface area contributed by atoms with E-state index in [1.54, 1.807) is 38.5 Å². The summed E-state index contributed by atoms with van der Waals surface area (Å²) in [4.78, 5) is 38.9. The SMILES string of the molecule is COc1ccc(-c2ccc(SCC(=O)Nc3c[nH]c(=O)[nH]c3=O)nn2)cc1OC. The molecule has 2 heterocycles. The highest BCUT2D eigenvalue weighted by molar-refractivity contribution is 7.99. The summed E-state index contributed by atoms with van der Waals surface area (Å²) in [6.45, 7) is 0. The number of anilines is 1. The highest BCUT2D eigenvalue weighted by atomic mass is 32.2. The van der Waals surface area contributed by atoms with Gasteiger partial charge in [-0.3, -0.25) is 14.6 Å². The molecule has 1 amide bonds. The predicted molar refractivity (Wildman–Crippen MR) is 108 cm³/mol. The zero-order valence-electron chi connectivity index (χ0n) is 15.5. The summed E-state index contributed by atoms with van der Waals surface area (Å²) < 4.78 is 10.5. The van der Waals surface area contributed by atoms with Gasteiger partial charge in [0.05, 0.1) is 25.7 Å². The monoisotopic (exact) mass is 415 g/mol. The van der Waals surface area contributed by atoms with Crippen LogP contribution in [0.25, 0.3) is 11.3 Å². The van der Waals surface area contributed by atoms with Crippen LogP contribution >= 0.6 is 11.8 Å². The van der Waals surface area contributed by atoms with Gasteiger partial charge >= 0.3 is 5.69 Å². The number of H-pyrrole nitrogens is 2. The second-order valence-electron chi connectivity index (χ2n) is 5.65. The number of nitrogens with one attached hydrogen (secondary N) is 3. The third kappa shape index (κ3) is 5.02. The lowest BCUT2D eigenvalue weighted by Crippen LogP contribution is -2.27. The van der Waals surface area contributed by atoms with Crippen LogP contribution in [0.5, 0.6) is 11.5 Å². The molecule has 0 unspecified atom stereocenters. The minimum absolute atomic E-state index is 0.0168. The van der Waals surface area contributed by atoms with Crippen LogP contribution in [-0.2, 0) is 4.79 Å². The number of carbonyl (C=O) groups excluding carboxylic acids is 1. The van der Waals surface area contributed by atoms with Crippen molar-refractivity contribution in [3.63, 3.8) is 0 Å². The van der Waals surface area contributed by atoms with Gasteiger partial charge in [-0.2, -0.15) is 0 Å². The van der Waals surface area contributed by atoms with Crippen molar-refractivity contribution in [2.75, 3.05) is 25.3 Å². The molecule has 1 aromatic carbocycles. The molecule has 29 heavy (non-hydrogen) atoms. The first kappa shape index (κ1) is 20.1. The third-order valence-electron chi connectivity index (χ3n) is 3.76. The molecule has 3 aromatic rings. The zero-order valence-corrected chi connectivity index (χ0v) is 16.3. The number of hydrogen-bond acceptors (Lipinski definition) is 8. The normalized spacial score (nSPS) is 10.4. The first-order valence-electron chi connectivity index (χ1n) is 8.31. The van der Waals surface area contributed by atoms with E-state index < -0.39 is 17.2 Å². The third-order valence-corrected chi connectivity index (χ3v) is 4.68. The molecule has 0 radical (unpaired) electrons. The van der Waals surface area contributed by atoms with E-state index in [1.807, 2.05) is 11.1 Å². The lowest BCUT2D eigenvalue weighted by molar-refractivity contribution is -0.113. The Morgan fingerprint density at radius 1 is 1.10 bits per heavy atom. The van der Waals surface area contributed by atoms with E-state index in [0.29, 0.717) is 22.2 Å². The molecule has 0 bridgehead atoms. The Bertz CT molecular complexity index is 1130. The topological polar surface area (TPSA) is 139 Å². The number of hydrogen-bond donors (Lipinski definition) is 3. The van der Waals surface area contributed by atoms with Crippen LogP contribution in [0.2, 0.25) is 0 Å². The van der Waals surface area contributed by atoms with Crippen LogP contribution in [0, 0.1) is 0 Å². The number of amides is 1. The van der Waals surface area contributed by atoms with Gasteiger partial charge in [-0.1, -0.05) is 11.8 Å². The smallest absolute Gasteiger partial charge is 0.325 e. The number of rotatable bonds is 7. The van der Waals surface area contributed by atoms with Crippen molar-refractivity contribution in [3.8, 4) is 22.8 Å². The Kier molecular flexibility index (Phi) is 6.29. The molecule has 0 aliphatic heterocycles. The maximum Gasteiger partial charge on any atom is 0.325 e. The van der Waals surface area contributed by atoms with E-state index in [0.717, 1.165) is 23.5 Å². The van der Waals surface area contributed by atoms with Gasteiger partial charge in [0.1, 0.15) is 10.7 Å². The molecule has 0 saturated carbocycles. The summed E-state index contributed by atoms with van der Waals surface area (Å²) in [5, 5.41) is 11.2. The average molecular weight is 415 g/mol. The quantitative estimate of drug-likeness (QED) is 0.490. The van der Waals surface area contributed by atoms with E-state index in [2.05, 4.69) is 20.5 Å². The molecule has 0 fully saturated rings. The number of methoxy groups -OCH3 is 2. The molecule has 0 spiro atoms. The van der Waals surface area contributed by atoms with Gasteiger partial charge in [0, 0.05) is 11.8 Å².